The van der Waals surface area contributed by atoms with Gasteiger partial charge in [-0.1, -0.05) is 263 Å². The maximum absolute atomic E-state index is 2.58. The quantitative estimate of drug-likeness (QED) is 0.142. The van der Waals surface area contributed by atoms with Crippen LogP contribution in [0.25, 0.3) is 44.5 Å². The smallest absolute Gasteiger partial charge is 0.0466 e. The van der Waals surface area contributed by atoms with Crippen LogP contribution in [0.1, 0.15) is 141 Å². The van der Waals surface area contributed by atoms with Crippen LogP contribution in [0.5, 0.6) is 0 Å². The maximum Gasteiger partial charge on any atom is 0.0466 e. The summed E-state index contributed by atoms with van der Waals surface area (Å²) in [6.07, 6.45) is 0.841. The first-order valence-corrected chi connectivity index (χ1v) is 32.4. The van der Waals surface area contributed by atoms with Crippen LogP contribution in [-0.4, -0.2) is 0 Å². The highest BCUT2D eigenvalue weighted by molar-refractivity contribution is 5.91. The van der Waals surface area contributed by atoms with Gasteiger partial charge in [0, 0.05) is 66.6 Å². The van der Waals surface area contributed by atoms with Crippen LogP contribution in [-0.2, 0) is 32.5 Å². The molecular weight excluding hydrogens is 1080 g/mol. The highest BCUT2D eigenvalue weighted by atomic mass is 15.1. The third-order valence-corrected chi connectivity index (χ3v) is 22.5. The van der Waals surface area contributed by atoms with Crippen molar-refractivity contribution in [1.82, 2.24) is 0 Å². The standard InChI is InChI=1S/C88H74N2/c1-83(2)73-32-20-16-28-65(73)69-45-40-60(50-78(69)83)89(61-41-46-70-66-29-17-21-33-74(66)84(3,4)79(70)51-61)59-38-36-56(37-39-59)87(9)55-88(57-24-12-10-13-25-57,58-26-14-11-15-27-58)82-54-64(44-49-77(82)87)90(62-42-47-71-67-30-18-22-34-75(67)85(5,6)80(71)52-62)63-43-48-72-68-31-19-23-35-76(68)86(7,8)81(72)53-63/h10-54H,55H2,1-9H3. The molecule has 0 heterocycles. The lowest BCUT2D eigenvalue weighted by atomic mass is 9.67. The number of hydrogen-bond donors (Lipinski definition) is 0. The minimum Gasteiger partial charge on any atom is -0.310 e. The molecule has 0 saturated carbocycles. The molecule has 90 heavy (non-hydrogen) atoms. The zero-order chi connectivity index (χ0) is 61.3. The van der Waals surface area contributed by atoms with Gasteiger partial charge in [-0.3, -0.25) is 0 Å². The SMILES string of the molecule is CC1(C)c2ccccc2-c2ccc(N(c3ccc(C4(C)CC(c5ccccc5)(c5ccccc5)c5cc(N(c6ccc7c(c6)C(C)(C)c6ccccc6-7)c6ccc7c(c6)C(C)(C)c6ccccc6-7)ccc54)cc3)c3ccc4c(c3)C(C)(C)c3ccccc3-4)cc21. The monoisotopic (exact) mass is 1160 g/mol. The fraction of sp³-hybridized carbons (Fsp3) is 0.182. The Bertz CT molecular complexity index is 4690. The minimum absolute atomic E-state index is 0.153. The van der Waals surface area contributed by atoms with Crippen molar-refractivity contribution in [3.05, 3.63) is 345 Å². The van der Waals surface area contributed by atoms with Crippen LogP contribution in [0.3, 0.4) is 0 Å². The first-order valence-electron chi connectivity index (χ1n) is 32.4. The molecule has 0 radical (unpaired) electrons. The molecule has 0 fully saturated rings. The van der Waals surface area contributed by atoms with Crippen LogP contribution < -0.4 is 9.80 Å². The summed E-state index contributed by atoms with van der Waals surface area (Å²) in [6, 6.07) is 105. The van der Waals surface area contributed by atoms with Crippen molar-refractivity contribution in [2.24, 2.45) is 0 Å². The van der Waals surface area contributed by atoms with Crippen LogP contribution in [0.15, 0.2) is 273 Å². The van der Waals surface area contributed by atoms with E-state index >= 15 is 0 Å². The molecule has 1 atom stereocenters. The van der Waals surface area contributed by atoms with Gasteiger partial charge in [0.25, 0.3) is 0 Å². The first kappa shape index (κ1) is 54.4. The first-order chi connectivity index (χ1) is 43.5. The van der Waals surface area contributed by atoms with Gasteiger partial charge in [0.2, 0.25) is 0 Å². The van der Waals surface area contributed by atoms with E-state index in [1.165, 1.54) is 117 Å². The lowest BCUT2D eigenvalue weighted by molar-refractivity contribution is 0.473. The molecule has 0 saturated heterocycles. The zero-order valence-electron chi connectivity index (χ0n) is 53.1. The average Bonchev–Trinajstić information content (AvgIpc) is 1.54. The average molecular weight is 1160 g/mol. The molecule has 5 aliphatic rings. The van der Waals surface area contributed by atoms with Gasteiger partial charge in [0.1, 0.15) is 0 Å². The third-order valence-electron chi connectivity index (χ3n) is 22.5. The number of benzene rings is 12. The normalized spacial score (nSPS) is 17.8. The van der Waals surface area contributed by atoms with Gasteiger partial charge < -0.3 is 9.80 Å². The predicted octanol–water partition coefficient (Wildman–Crippen LogP) is 22.9. The molecule has 0 spiro atoms. The molecule has 0 N–H and O–H groups in total. The number of hydrogen-bond acceptors (Lipinski definition) is 2. The summed E-state index contributed by atoms with van der Waals surface area (Å²) in [4.78, 5) is 5.08. The molecule has 0 amide bonds. The summed E-state index contributed by atoms with van der Waals surface area (Å²) in [5, 5.41) is 0. The van der Waals surface area contributed by atoms with Crippen LogP contribution in [0.4, 0.5) is 34.1 Å². The summed E-state index contributed by atoms with van der Waals surface area (Å²) < 4.78 is 0. The van der Waals surface area contributed by atoms with Crippen molar-refractivity contribution in [2.45, 2.75) is 101 Å². The molecule has 0 bridgehead atoms. The third kappa shape index (κ3) is 7.51. The number of rotatable bonds is 9. The van der Waals surface area contributed by atoms with Gasteiger partial charge in [-0.25, -0.2) is 0 Å². The second-order valence-corrected chi connectivity index (χ2v) is 28.7. The van der Waals surface area contributed by atoms with E-state index in [1.807, 2.05) is 0 Å². The summed E-state index contributed by atoms with van der Waals surface area (Å²) in [6.45, 7) is 21.7. The number of anilines is 6. The summed E-state index contributed by atoms with van der Waals surface area (Å²) in [5.74, 6) is 0. The van der Waals surface area contributed by atoms with Crippen molar-refractivity contribution in [3.8, 4) is 44.5 Å². The molecule has 1 unspecified atom stereocenters. The fourth-order valence-corrected chi connectivity index (χ4v) is 17.8. The maximum atomic E-state index is 2.58. The fourth-order valence-electron chi connectivity index (χ4n) is 17.8. The van der Waals surface area contributed by atoms with Crippen LogP contribution >= 0.6 is 0 Å². The Morgan fingerprint density at radius 3 is 0.822 bits per heavy atom. The van der Waals surface area contributed by atoms with Crippen LogP contribution in [0, 0.1) is 0 Å². The topological polar surface area (TPSA) is 6.48 Å². The Kier molecular flexibility index (Phi) is 11.6. The molecule has 5 aliphatic carbocycles. The molecule has 0 aromatic heterocycles. The van der Waals surface area contributed by atoms with Crippen molar-refractivity contribution in [3.63, 3.8) is 0 Å². The second kappa shape index (κ2) is 19.1. The van der Waals surface area contributed by atoms with Crippen molar-refractivity contribution >= 4 is 34.1 Å². The molecule has 12 aromatic carbocycles. The summed E-state index contributed by atoms with van der Waals surface area (Å²) in [5.41, 5.74) is 33.5. The number of fused-ring (bicyclic) bond motifs is 13. The van der Waals surface area contributed by atoms with Gasteiger partial charge in [0.15, 0.2) is 0 Å². The largest absolute Gasteiger partial charge is 0.310 e. The Morgan fingerprint density at radius 2 is 0.478 bits per heavy atom. The molecule has 2 nitrogen and oxygen atoms in total. The lowest BCUT2D eigenvalue weighted by Gasteiger charge is -2.35. The highest BCUT2D eigenvalue weighted by Crippen LogP contribution is 2.62. The molecule has 436 valence electrons. The van der Waals surface area contributed by atoms with E-state index in [-0.39, 0.29) is 21.7 Å². The zero-order valence-corrected chi connectivity index (χ0v) is 53.1. The Labute approximate surface area is 531 Å². The molecule has 12 aromatic rings. The predicted molar refractivity (Wildman–Crippen MR) is 376 cm³/mol. The molecular formula is C88H74N2. The van der Waals surface area contributed by atoms with E-state index in [0.717, 1.165) is 40.5 Å². The van der Waals surface area contributed by atoms with Crippen molar-refractivity contribution in [1.29, 1.82) is 0 Å². The van der Waals surface area contributed by atoms with Gasteiger partial charge in [-0.05, 0) is 196 Å². The summed E-state index contributed by atoms with van der Waals surface area (Å²) >= 11 is 0. The molecule has 0 aliphatic heterocycles. The van der Waals surface area contributed by atoms with Gasteiger partial charge in [0.05, 0.1) is 0 Å². The van der Waals surface area contributed by atoms with E-state index in [2.05, 4.69) is 345 Å². The lowest BCUT2D eigenvalue weighted by Crippen LogP contribution is -2.30. The highest BCUT2D eigenvalue weighted by Gasteiger charge is 2.53. The second-order valence-electron chi connectivity index (χ2n) is 28.7. The Hall–Kier alpha value is -9.76. The Morgan fingerprint density at radius 1 is 0.211 bits per heavy atom. The van der Waals surface area contributed by atoms with E-state index in [0.29, 0.717) is 0 Å². The number of nitrogens with zero attached hydrogens (tertiary/aromatic N) is 2. The van der Waals surface area contributed by atoms with E-state index in [4.69, 9.17) is 0 Å². The van der Waals surface area contributed by atoms with E-state index < -0.39 is 10.8 Å². The molecule has 17 rings (SSSR count). The van der Waals surface area contributed by atoms with Crippen molar-refractivity contribution in [2.75, 3.05) is 9.80 Å². The van der Waals surface area contributed by atoms with Gasteiger partial charge >= 0.3 is 0 Å². The summed E-state index contributed by atoms with van der Waals surface area (Å²) in [7, 11) is 0. The van der Waals surface area contributed by atoms with Gasteiger partial charge in [-0.2, -0.15) is 0 Å². The van der Waals surface area contributed by atoms with Crippen LogP contribution in [0.2, 0.25) is 0 Å². The van der Waals surface area contributed by atoms with Crippen molar-refractivity contribution < 1.29 is 0 Å². The molecule has 2 heteroatoms. The van der Waals surface area contributed by atoms with E-state index in [9.17, 15) is 0 Å². The van der Waals surface area contributed by atoms with Gasteiger partial charge in [-0.15, -0.1) is 0 Å². The van der Waals surface area contributed by atoms with E-state index in [1.54, 1.807) is 0 Å². The minimum atomic E-state index is -0.508. The Balaban J connectivity index is 0.845.